The van der Waals surface area contributed by atoms with E-state index in [-0.39, 0.29) is 6.61 Å². The van der Waals surface area contributed by atoms with Crippen LogP contribution in [-0.2, 0) is 6.42 Å². The second-order valence-electron chi connectivity index (χ2n) is 5.12. The number of benzene rings is 1. The molecule has 2 N–H and O–H groups in total. The molecule has 0 spiro atoms. The van der Waals surface area contributed by atoms with Gasteiger partial charge < -0.3 is 10.4 Å². The second-order valence-corrected chi connectivity index (χ2v) is 5.12. The Morgan fingerprint density at radius 1 is 1.29 bits per heavy atom. The lowest BCUT2D eigenvalue weighted by Crippen LogP contribution is -2.31. The summed E-state index contributed by atoms with van der Waals surface area (Å²) in [6.07, 6.45) is 2.25. The Balaban J connectivity index is 2.26. The minimum Gasteiger partial charge on any atom is -0.396 e. The second kappa shape index (κ2) is 7.46. The molecule has 17 heavy (non-hydrogen) atoms. The van der Waals surface area contributed by atoms with Gasteiger partial charge >= 0.3 is 0 Å². The Morgan fingerprint density at radius 3 is 2.71 bits per heavy atom. The molecule has 0 aliphatic heterocycles. The van der Waals surface area contributed by atoms with Crippen molar-refractivity contribution in [2.45, 2.75) is 39.7 Å². The van der Waals surface area contributed by atoms with Crippen LogP contribution < -0.4 is 5.32 Å². The van der Waals surface area contributed by atoms with Gasteiger partial charge in [-0.25, -0.2) is 0 Å². The lowest BCUT2D eigenvalue weighted by atomic mass is 10.0. The van der Waals surface area contributed by atoms with Gasteiger partial charge in [0.1, 0.15) is 0 Å². The minimum atomic E-state index is 0.262. The van der Waals surface area contributed by atoms with E-state index in [1.165, 1.54) is 11.1 Å². The van der Waals surface area contributed by atoms with Crippen LogP contribution in [0.1, 0.15) is 31.4 Å². The fourth-order valence-electron chi connectivity index (χ4n) is 1.82. The maximum Gasteiger partial charge on any atom is 0.0468 e. The van der Waals surface area contributed by atoms with Crippen LogP contribution in [0.2, 0.25) is 0 Å². The van der Waals surface area contributed by atoms with Crippen molar-refractivity contribution in [1.29, 1.82) is 0 Å². The van der Waals surface area contributed by atoms with Crippen molar-refractivity contribution in [3.63, 3.8) is 0 Å². The SMILES string of the molecule is Cc1cccc(CCC(C)NCC(C)CO)c1. The summed E-state index contributed by atoms with van der Waals surface area (Å²) in [5, 5.41) is 12.4. The van der Waals surface area contributed by atoms with Crippen LogP contribution in [0, 0.1) is 12.8 Å². The smallest absolute Gasteiger partial charge is 0.0468 e. The number of hydrogen-bond acceptors (Lipinski definition) is 2. The Labute approximate surface area is 105 Å². The van der Waals surface area contributed by atoms with Gasteiger partial charge in [0.15, 0.2) is 0 Å². The molecule has 0 aliphatic carbocycles. The van der Waals surface area contributed by atoms with Gasteiger partial charge in [0.2, 0.25) is 0 Å². The summed E-state index contributed by atoms with van der Waals surface area (Å²) < 4.78 is 0. The van der Waals surface area contributed by atoms with E-state index in [0.717, 1.165) is 19.4 Å². The zero-order chi connectivity index (χ0) is 12.7. The molecule has 0 heterocycles. The highest BCUT2D eigenvalue weighted by Gasteiger charge is 2.05. The van der Waals surface area contributed by atoms with Crippen molar-refractivity contribution in [2.24, 2.45) is 5.92 Å². The Kier molecular flexibility index (Phi) is 6.23. The first-order chi connectivity index (χ1) is 8.11. The molecule has 2 heteroatoms. The number of aryl methyl sites for hydroxylation is 2. The van der Waals surface area contributed by atoms with Crippen molar-refractivity contribution >= 4 is 0 Å². The summed E-state index contributed by atoms with van der Waals surface area (Å²) in [7, 11) is 0. The first-order valence-corrected chi connectivity index (χ1v) is 6.51. The topological polar surface area (TPSA) is 32.3 Å². The first kappa shape index (κ1) is 14.2. The third kappa shape index (κ3) is 5.85. The van der Waals surface area contributed by atoms with E-state index in [1.54, 1.807) is 0 Å². The predicted octanol–water partition coefficient (Wildman–Crippen LogP) is 2.53. The normalized spacial score (nSPS) is 14.6. The van der Waals surface area contributed by atoms with E-state index in [2.05, 4.69) is 50.4 Å². The molecule has 2 nitrogen and oxygen atoms in total. The van der Waals surface area contributed by atoms with Gasteiger partial charge in [-0.05, 0) is 38.2 Å². The predicted molar refractivity (Wildman–Crippen MR) is 73.2 cm³/mol. The fourth-order valence-corrected chi connectivity index (χ4v) is 1.82. The molecule has 0 saturated carbocycles. The lowest BCUT2D eigenvalue weighted by Gasteiger charge is -2.16. The van der Waals surface area contributed by atoms with Crippen LogP contribution in [0.5, 0.6) is 0 Å². The van der Waals surface area contributed by atoms with Gasteiger partial charge in [-0.3, -0.25) is 0 Å². The van der Waals surface area contributed by atoms with Gasteiger partial charge in [0, 0.05) is 19.2 Å². The zero-order valence-electron chi connectivity index (χ0n) is 11.2. The summed E-state index contributed by atoms with van der Waals surface area (Å²) in [6.45, 7) is 7.55. The fraction of sp³-hybridized carbons (Fsp3) is 0.600. The molecule has 0 bridgehead atoms. The van der Waals surface area contributed by atoms with Gasteiger partial charge in [0.25, 0.3) is 0 Å². The highest BCUT2D eigenvalue weighted by atomic mass is 16.3. The van der Waals surface area contributed by atoms with E-state index in [1.807, 2.05) is 0 Å². The molecular formula is C15H25NO. The third-order valence-corrected chi connectivity index (χ3v) is 3.07. The largest absolute Gasteiger partial charge is 0.396 e. The van der Waals surface area contributed by atoms with Crippen LogP contribution in [-0.4, -0.2) is 24.3 Å². The van der Waals surface area contributed by atoms with Gasteiger partial charge in [-0.15, -0.1) is 0 Å². The summed E-state index contributed by atoms with van der Waals surface area (Å²) in [4.78, 5) is 0. The Morgan fingerprint density at radius 2 is 2.06 bits per heavy atom. The van der Waals surface area contributed by atoms with Crippen LogP contribution in [0.4, 0.5) is 0 Å². The average Bonchev–Trinajstić information content (AvgIpc) is 2.33. The summed E-state index contributed by atoms with van der Waals surface area (Å²) >= 11 is 0. The third-order valence-electron chi connectivity index (χ3n) is 3.07. The number of aliphatic hydroxyl groups is 1. The van der Waals surface area contributed by atoms with E-state index in [9.17, 15) is 0 Å². The highest BCUT2D eigenvalue weighted by Crippen LogP contribution is 2.08. The molecule has 1 aromatic rings. The van der Waals surface area contributed by atoms with Gasteiger partial charge in [0.05, 0.1) is 0 Å². The molecule has 0 amide bonds. The maximum absolute atomic E-state index is 8.95. The molecule has 0 fully saturated rings. The molecular weight excluding hydrogens is 210 g/mol. The summed E-state index contributed by atoms with van der Waals surface area (Å²) in [5.41, 5.74) is 2.74. The molecule has 0 aliphatic rings. The molecule has 96 valence electrons. The monoisotopic (exact) mass is 235 g/mol. The van der Waals surface area contributed by atoms with Crippen LogP contribution in [0.3, 0.4) is 0 Å². The number of nitrogens with one attached hydrogen (secondary N) is 1. The average molecular weight is 235 g/mol. The van der Waals surface area contributed by atoms with Crippen molar-refractivity contribution in [2.75, 3.05) is 13.2 Å². The van der Waals surface area contributed by atoms with E-state index >= 15 is 0 Å². The molecule has 0 radical (unpaired) electrons. The van der Waals surface area contributed by atoms with Crippen LogP contribution in [0.15, 0.2) is 24.3 Å². The maximum atomic E-state index is 8.95. The van der Waals surface area contributed by atoms with Crippen molar-refractivity contribution in [3.8, 4) is 0 Å². The van der Waals surface area contributed by atoms with E-state index in [0.29, 0.717) is 12.0 Å². The summed E-state index contributed by atoms with van der Waals surface area (Å²) in [6, 6.07) is 9.20. The van der Waals surface area contributed by atoms with Gasteiger partial charge in [-0.1, -0.05) is 36.8 Å². The number of hydrogen-bond donors (Lipinski definition) is 2. The Hall–Kier alpha value is -0.860. The van der Waals surface area contributed by atoms with Crippen molar-refractivity contribution in [3.05, 3.63) is 35.4 Å². The van der Waals surface area contributed by atoms with Crippen molar-refractivity contribution < 1.29 is 5.11 Å². The first-order valence-electron chi connectivity index (χ1n) is 6.51. The zero-order valence-corrected chi connectivity index (χ0v) is 11.2. The van der Waals surface area contributed by atoms with Gasteiger partial charge in [-0.2, -0.15) is 0 Å². The van der Waals surface area contributed by atoms with E-state index in [4.69, 9.17) is 5.11 Å². The number of rotatable bonds is 7. The Bertz CT molecular complexity index is 324. The molecule has 1 rings (SSSR count). The minimum absolute atomic E-state index is 0.262. The molecule has 1 aromatic carbocycles. The summed E-state index contributed by atoms with van der Waals surface area (Å²) in [5.74, 6) is 0.344. The highest BCUT2D eigenvalue weighted by molar-refractivity contribution is 5.22. The quantitative estimate of drug-likeness (QED) is 0.761. The van der Waals surface area contributed by atoms with E-state index < -0.39 is 0 Å². The molecule has 2 atom stereocenters. The van der Waals surface area contributed by atoms with Crippen LogP contribution in [0.25, 0.3) is 0 Å². The van der Waals surface area contributed by atoms with Crippen molar-refractivity contribution in [1.82, 2.24) is 5.32 Å². The lowest BCUT2D eigenvalue weighted by molar-refractivity contribution is 0.230. The standard InChI is InChI=1S/C15H25NO/c1-12-5-4-6-15(9-12)8-7-14(3)16-10-13(2)11-17/h4-6,9,13-14,16-17H,7-8,10-11H2,1-3H3. The molecule has 0 saturated heterocycles. The molecule has 2 unspecified atom stereocenters. The van der Waals surface area contributed by atoms with Crippen LogP contribution >= 0.6 is 0 Å². The molecule has 0 aromatic heterocycles. The number of aliphatic hydroxyl groups excluding tert-OH is 1.